The maximum absolute atomic E-state index is 11.1. The number of sulfone groups is 1. The van der Waals surface area contributed by atoms with Gasteiger partial charge in [-0.3, -0.25) is 0 Å². The van der Waals surface area contributed by atoms with Crippen molar-refractivity contribution in [2.75, 3.05) is 12.0 Å². The first-order valence-corrected chi connectivity index (χ1v) is 9.06. The largest absolute Gasteiger partial charge is 0.229 e. The van der Waals surface area contributed by atoms with Crippen LogP contribution in [0.1, 0.15) is 58.3 Å². The lowest BCUT2D eigenvalue weighted by atomic mass is 9.68. The molecule has 0 unspecified atom stereocenters. The van der Waals surface area contributed by atoms with E-state index in [4.69, 9.17) is 0 Å². The molecule has 0 aromatic rings. The molecule has 0 N–H and O–H groups in total. The first-order chi connectivity index (χ1) is 8.41. The van der Waals surface area contributed by atoms with Crippen molar-refractivity contribution in [3.63, 3.8) is 0 Å². The van der Waals surface area contributed by atoms with Gasteiger partial charge < -0.3 is 0 Å². The number of nitrogens with zero attached hydrogens (tertiary/aromatic N) is 1. The molecule has 0 radical (unpaired) electrons. The highest BCUT2D eigenvalue weighted by molar-refractivity contribution is 7.90. The fourth-order valence-corrected chi connectivity index (χ4v) is 3.69. The van der Waals surface area contributed by atoms with Crippen LogP contribution in [0.4, 0.5) is 0 Å². The van der Waals surface area contributed by atoms with Crippen LogP contribution >= 0.6 is 0 Å². The van der Waals surface area contributed by atoms with Gasteiger partial charge in [0.25, 0.3) is 0 Å². The molecule has 4 heteroatoms. The molecule has 1 aliphatic rings. The summed E-state index contributed by atoms with van der Waals surface area (Å²) < 4.78 is 22.2. The zero-order valence-electron chi connectivity index (χ0n) is 11.6. The maximum atomic E-state index is 11.1. The van der Waals surface area contributed by atoms with Gasteiger partial charge in [0, 0.05) is 12.0 Å². The molecule has 1 saturated carbocycles. The molecule has 0 aliphatic heterocycles. The molecule has 0 heterocycles. The van der Waals surface area contributed by atoms with Crippen LogP contribution in [0.5, 0.6) is 0 Å². The Morgan fingerprint density at radius 3 is 2.39 bits per heavy atom. The molecule has 104 valence electrons. The van der Waals surface area contributed by atoms with E-state index in [2.05, 4.69) is 13.0 Å². The maximum Gasteiger partial charge on any atom is 0.147 e. The van der Waals surface area contributed by atoms with Gasteiger partial charge in [-0.2, -0.15) is 5.26 Å². The molecular formula is C14H25NO2S. The second-order valence-electron chi connectivity index (χ2n) is 5.86. The summed E-state index contributed by atoms with van der Waals surface area (Å²) in [5.41, 5.74) is -0.241. The molecule has 1 fully saturated rings. The van der Waals surface area contributed by atoms with Crippen molar-refractivity contribution in [3.8, 4) is 6.07 Å². The van der Waals surface area contributed by atoms with E-state index in [1.165, 1.54) is 19.1 Å². The summed E-state index contributed by atoms with van der Waals surface area (Å²) in [5, 5.41) is 9.39. The van der Waals surface area contributed by atoms with Crippen molar-refractivity contribution in [2.45, 2.75) is 58.3 Å². The minimum Gasteiger partial charge on any atom is -0.229 e. The van der Waals surface area contributed by atoms with Crippen molar-refractivity contribution in [2.24, 2.45) is 11.3 Å². The summed E-state index contributed by atoms with van der Waals surface area (Å²) in [6.45, 7) is 2.21. The molecule has 0 aromatic carbocycles. The molecule has 18 heavy (non-hydrogen) atoms. The van der Waals surface area contributed by atoms with Crippen LogP contribution in [-0.2, 0) is 9.84 Å². The number of hydrogen-bond donors (Lipinski definition) is 0. The van der Waals surface area contributed by atoms with Gasteiger partial charge in [0.05, 0.1) is 11.5 Å². The Balaban J connectivity index is 2.44. The minimum absolute atomic E-state index is 0.217. The molecule has 0 amide bonds. The lowest BCUT2D eigenvalue weighted by molar-refractivity contribution is 0.189. The lowest BCUT2D eigenvalue weighted by Crippen LogP contribution is -2.26. The average molecular weight is 271 g/mol. The van der Waals surface area contributed by atoms with Crippen LogP contribution in [0.2, 0.25) is 0 Å². The molecule has 0 saturated heterocycles. The van der Waals surface area contributed by atoms with E-state index in [-0.39, 0.29) is 11.2 Å². The standard InChI is InChI=1S/C14H25NO2S/c1-3-5-13-6-9-14(12-15,10-7-13)8-4-11-18(2,16)17/h13H,3-11H2,1-2H3. The van der Waals surface area contributed by atoms with Crippen LogP contribution in [-0.4, -0.2) is 20.4 Å². The normalized spacial score (nSPS) is 28.8. The van der Waals surface area contributed by atoms with E-state index >= 15 is 0 Å². The first-order valence-electron chi connectivity index (χ1n) is 7.00. The van der Waals surface area contributed by atoms with Crippen molar-refractivity contribution < 1.29 is 8.42 Å². The van der Waals surface area contributed by atoms with Crippen molar-refractivity contribution in [1.82, 2.24) is 0 Å². The Kier molecular flexibility index (Phi) is 5.65. The molecule has 3 nitrogen and oxygen atoms in total. The van der Waals surface area contributed by atoms with Crippen LogP contribution in [0, 0.1) is 22.7 Å². The Bertz CT molecular complexity index is 387. The summed E-state index contributed by atoms with van der Waals surface area (Å²) in [6, 6.07) is 2.47. The lowest BCUT2D eigenvalue weighted by Gasteiger charge is -2.35. The third-order valence-electron chi connectivity index (χ3n) is 4.17. The summed E-state index contributed by atoms with van der Waals surface area (Å²) in [7, 11) is -2.89. The van der Waals surface area contributed by atoms with Crippen LogP contribution in [0.25, 0.3) is 0 Å². The Morgan fingerprint density at radius 2 is 1.94 bits per heavy atom. The Labute approximate surface area is 111 Å². The Morgan fingerprint density at radius 1 is 1.33 bits per heavy atom. The van der Waals surface area contributed by atoms with E-state index in [9.17, 15) is 13.7 Å². The quantitative estimate of drug-likeness (QED) is 0.744. The average Bonchev–Trinajstić information content (AvgIpc) is 2.30. The van der Waals surface area contributed by atoms with Gasteiger partial charge in [0.1, 0.15) is 9.84 Å². The van der Waals surface area contributed by atoms with E-state index in [0.717, 1.165) is 38.0 Å². The van der Waals surface area contributed by atoms with Gasteiger partial charge in [-0.15, -0.1) is 0 Å². The zero-order chi connectivity index (χ0) is 13.6. The molecule has 0 atom stereocenters. The van der Waals surface area contributed by atoms with Crippen molar-refractivity contribution >= 4 is 9.84 Å². The van der Waals surface area contributed by atoms with Gasteiger partial charge >= 0.3 is 0 Å². The van der Waals surface area contributed by atoms with E-state index in [1.54, 1.807) is 0 Å². The van der Waals surface area contributed by atoms with Crippen LogP contribution in [0.3, 0.4) is 0 Å². The van der Waals surface area contributed by atoms with E-state index < -0.39 is 9.84 Å². The minimum atomic E-state index is -2.89. The molecular weight excluding hydrogens is 246 g/mol. The number of nitriles is 1. The third-order valence-corrected chi connectivity index (χ3v) is 5.20. The molecule has 0 bridgehead atoms. The van der Waals surface area contributed by atoms with Gasteiger partial charge in [-0.05, 0) is 44.4 Å². The molecule has 1 aliphatic carbocycles. The summed E-state index contributed by atoms with van der Waals surface area (Å²) in [6.07, 6.45) is 9.32. The number of rotatable bonds is 6. The molecule has 0 spiro atoms. The van der Waals surface area contributed by atoms with Crippen LogP contribution in [0.15, 0.2) is 0 Å². The van der Waals surface area contributed by atoms with Gasteiger partial charge in [-0.25, -0.2) is 8.42 Å². The van der Waals surface area contributed by atoms with Gasteiger partial charge in [-0.1, -0.05) is 19.8 Å². The zero-order valence-corrected chi connectivity index (χ0v) is 12.4. The summed E-state index contributed by atoms with van der Waals surface area (Å²) in [4.78, 5) is 0. The fourth-order valence-electron chi connectivity index (χ4n) is 3.02. The monoisotopic (exact) mass is 271 g/mol. The highest BCUT2D eigenvalue weighted by atomic mass is 32.2. The molecule has 1 rings (SSSR count). The smallest absolute Gasteiger partial charge is 0.147 e. The van der Waals surface area contributed by atoms with E-state index in [1.807, 2.05) is 0 Å². The summed E-state index contributed by atoms with van der Waals surface area (Å²) >= 11 is 0. The number of hydrogen-bond acceptors (Lipinski definition) is 3. The highest BCUT2D eigenvalue weighted by Crippen LogP contribution is 2.43. The SMILES string of the molecule is CCCC1CCC(C#N)(CCCS(C)(=O)=O)CC1. The predicted octanol–water partition coefficient (Wildman–Crippen LogP) is 3.31. The third kappa shape index (κ3) is 4.97. The predicted molar refractivity (Wildman–Crippen MR) is 73.9 cm³/mol. The highest BCUT2D eigenvalue weighted by Gasteiger charge is 2.34. The van der Waals surface area contributed by atoms with Crippen LogP contribution < -0.4 is 0 Å². The van der Waals surface area contributed by atoms with Gasteiger partial charge in [0.2, 0.25) is 0 Å². The topological polar surface area (TPSA) is 57.9 Å². The van der Waals surface area contributed by atoms with E-state index in [0.29, 0.717) is 6.42 Å². The van der Waals surface area contributed by atoms with Crippen molar-refractivity contribution in [3.05, 3.63) is 0 Å². The molecule has 0 aromatic heterocycles. The van der Waals surface area contributed by atoms with Gasteiger partial charge in [0.15, 0.2) is 0 Å². The summed E-state index contributed by atoms with van der Waals surface area (Å²) in [5.74, 6) is 1.00. The first kappa shape index (κ1) is 15.5. The van der Waals surface area contributed by atoms with Crippen molar-refractivity contribution in [1.29, 1.82) is 5.26 Å². The Hall–Kier alpha value is -0.560. The second-order valence-corrected chi connectivity index (χ2v) is 8.12. The fraction of sp³-hybridized carbons (Fsp3) is 0.929. The second kappa shape index (κ2) is 6.56.